The molecule has 0 saturated heterocycles. The molecule has 0 aliphatic rings. The van der Waals surface area contributed by atoms with Crippen molar-refractivity contribution in [1.82, 2.24) is 0 Å². The average Bonchev–Trinajstić information content (AvgIpc) is 2.27. The highest BCUT2D eigenvalue weighted by Gasteiger charge is 2.06. The third-order valence-electron chi connectivity index (χ3n) is 2.19. The van der Waals surface area contributed by atoms with Gasteiger partial charge >= 0.3 is 0 Å². The summed E-state index contributed by atoms with van der Waals surface area (Å²) in [6.07, 6.45) is 2.84. The maximum absolute atomic E-state index is 11.0. The molecule has 0 bridgehead atoms. The molecule has 1 aromatic heterocycles. The summed E-state index contributed by atoms with van der Waals surface area (Å²) in [5.74, 6) is 0.483. The van der Waals surface area contributed by atoms with E-state index in [2.05, 4.69) is 0 Å². The van der Waals surface area contributed by atoms with Crippen molar-refractivity contribution in [1.29, 1.82) is 5.26 Å². The minimum absolute atomic E-state index is 0.466. The Bertz CT molecular complexity index is 558. The third-order valence-corrected chi connectivity index (χ3v) is 2.19. The molecule has 0 spiro atoms. The lowest BCUT2D eigenvalue weighted by molar-refractivity contribution is -0.603. The van der Waals surface area contributed by atoms with Gasteiger partial charge in [-0.3, -0.25) is 0 Å². The molecule has 0 amide bonds. The van der Waals surface area contributed by atoms with Gasteiger partial charge in [0.15, 0.2) is 12.4 Å². The van der Waals surface area contributed by atoms with Crippen molar-refractivity contribution in [2.45, 2.75) is 0 Å². The third kappa shape index (κ3) is 1.55. The van der Waals surface area contributed by atoms with Crippen molar-refractivity contribution in [2.24, 2.45) is 0 Å². The molecule has 0 N–H and O–H groups in total. The second-order valence-corrected chi connectivity index (χ2v) is 3.10. The molecular formula is C11H8N2O2. The predicted octanol–water partition coefficient (Wildman–Crippen LogP) is 1.35. The summed E-state index contributed by atoms with van der Waals surface area (Å²) in [6, 6.07) is 7.10. The van der Waals surface area contributed by atoms with E-state index in [-0.39, 0.29) is 0 Å². The molecule has 1 heterocycles. The molecule has 15 heavy (non-hydrogen) atoms. The molecule has 0 fully saturated rings. The lowest BCUT2D eigenvalue weighted by atomic mass is 10.1. The van der Waals surface area contributed by atoms with Crippen LogP contribution in [0.5, 0.6) is 5.75 Å². The number of pyridine rings is 1. The highest BCUT2D eigenvalue weighted by atomic mass is 16.5. The van der Waals surface area contributed by atoms with E-state index < -0.39 is 0 Å². The standard InChI is InChI=1S/C11H8N2O2/c1-15-11-5-10-7-13(14)3-2-8(10)4-9(11)6-12/h2-5,7H,1H3. The molecule has 4 nitrogen and oxygen atoms in total. The van der Waals surface area contributed by atoms with E-state index in [0.29, 0.717) is 16.0 Å². The Kier molecular flexibility index (Phi) is 2.14. The molecule has 1 aromatic carbocycles. The molecule has 0 atom stereocenters. The van der Waals surface area contributed by atoms with Gasteiger partial charge < -0.3 is 9.94 Å². The number of hydrogen-bond donors (Lipinski definition) is 0. The van der Waals surface area contributed by atoms with Gasteiger partial charge in [-0.1, -0.05) is 0 Å². The highest BCUT2D eigenvalue weighted by Crippen LogP contribution is 2.24. The summed E-state index contributed by atoms with van der Waals surface area (Å²) >= 11 is 0. The van der Waals surface area contributed by atoms with E-state index in [4.69, 9.17) is 10.00 Å². The van der Waals surface area contributed by atoms with Gasteiger partial charge in [-0.05, 0) is 17.5 Å². The Balaban J connectivity index is 2.77. The molecule has 2 aromatic rings. The Hall–Kier alpha value is -2.28. The first-order chi connectivity index (χ1) is 7.24. The van der Waals surface area contributed by atoms with Gasteiger partial charge in [0.1, 0.15) is 11.8 Å². The summed E-state index contributed by atoms with van der Waals surface area (Å²) in [5.41, 5.74) is 0.466. The lowest BCUT2D eigenvalue weighted by Crippen LogP contribution is -2.23. The Labute approximate surface area is 86.5 Å². The molecular weight excluding hydrogens is 192 g/mol. The minimum atomic E-state index is 0.466. The summed E-state index contributed by atoms with van der Waals surface area (Å²) in [4.78, 5) is 0. The van der Waals surface area contributed by atoms with Crippen LogP contribution in [0.15, 0.2) is 30.6 Å². The maximum Gasteiger partial charge on any atom is 0.188 e. The second kappa shape index (κ2) is 3.46. The van der Waals surface area contributed by atoms with E-state index in [1.807, 2.05) is 6.07 Å². The monoisotopic (exact) mass is 200 g/mol. The van der Waals surface area contributed by atoms with Crippen molar-refractivity contribution in [3.63, 3.8) is 0 Å². The number of ether oxygens (including phenoxy) is 1. The van der Waals surface area contributed by atoms with Gasteiger partial charge in [-0.25, -0.2) is 0 Å². The van der Waals surface area contributed by atoms with Crippen LogP contribution in [-0.2, 0) is 0 Å². The second-order valence-electron chi connectivity index (χ2n) is 3.10. The van der Waals surface area contributed by atoms with E-state index >= 15 is 0 Å². The van der Waals surface area contributed by atoms with Crippen LogP contribution >= 0.6 is 0 Å². The number of methoxy groups -OCH3 is 1. The van der Waals surface area contributed by atoms with E-state index in [9.17, 15) is 5.21 Å². The SMILES string of the molecule is COc1cc2c[n+]([O-])ccc2cc1C#N. The first-order valence-corrected chi connectivity index (χ1v) is 4.35. The van der Waals surface area contributed by atoms with Crippen LogP contribution < -0.4 is 9.47 Å². The highest BCUT2D eigenvalue weighted by molar-refractivity contribution is 5.84. The number of rotatable bonds is 1. The van der Waals surface area contributed by atoms with Gasteiger partial charge in [0.2, 0.25) is 0 Å². The Morgan fingerprint density at radius 1 is 1.40 bits per heavy atom. The fourth-order valence-electron chi connectivity index (χ4n) is 1.46. The van der Waals surface area contributed by atoms with Crippen LogP contribution in [0.2, 0.25) is 0 Å². The van der Waals surface area contributed by atoms with Crippen LogP contribution in [0.3, 0.4) is 0 Å². The van der Waals surface area contributed by atoms with Crippen molar-refractivity contribution < 1.29 is 9.47 Å². The largest absolute Gasteiger partial charge is 0.619 e. The average molecular weight is 200 g/mol. The van der Waals surface area contributed by atoms with Crippen LogP contribution in [0.25, 0.3) is 10.8 Å². The number of nitrogens with zero attached hydrogens (tertiary/aromatic N) is 2. The van der Waals surface area contributed by atoms with Gasteiger partial charge in [0.25, 0.3) is 0 Å². The Morgan fingerprint density at radius 2 is 2.20 bits per heavy atom. The van der Waals surface area contributed by atoms with Crippen molar-refractivity contribution in [2.75, 3.05) is 7.11 Å². The predicted molar refractivity (Wildman–Crippen MR) is 54.2 cm³/mol. The lowest BCUT2D eigenvalue weighted by Gasteiger charge is -2.04. The van der Waals surface area contributed by atoms with Gasteiger partial charge in [0.05, 0.1) is 18.1 Å². The van der Waals surface area contributed by atoms with Crippen LogP contribution in [0.1, 0.15) is 5.56 Å². The molecule has 74 valence electrons. The summed E-state index contributed by atoms with van der Waals surface area (Å²) in [5, 5.41) is 21.5. The number of hydrogen-bond acceptors (Lipinski definition) is 3. The minimum Gasteiger partial charge on any atom is -0.619 e. The molecule has 0 aliphatic heterocycles. The number of fused-ring (bicyclic) bond motifs is 1. The number of benzene rings is 1. The topological polar surface area (TPSA) is 60.0 Å². The molecule has 0 radical (unpaired) electrons. The zero-order valence-corrected chi connectivity index (χ0v) is 8.10. The summed E-state index contributed by atoms with van der Waals surface area (Å²) in [7, 11) is 1.50. The fourth-order valence-corrected chi connectivity index (χ4v) is 1.46. The summed E-state index contributed by atoms with van der Waals surface area (Å²) in [6.45, 7) is 0. The Morgan fingerprint density at radius 3 is 2.87 bits per heavy atom. The molecule has 0 unspecified atom stereocenters. The first kappa shape index (κ1) is 9.28. The molecule has 4 heteroatoms. The molecule has 0 aliphatic carbocycles. The van der Waals surface area contributed by atoms with Crippen LogP contribution in [0.4, 0.5) is 0 Å². The van der Waals surface area contributed by atoms with E-state index in [0.717, 1.165) is 10.8 Å². The number of nitriles is 1. The van der Waals surface area contributed by atoms with Crippen LogP contribution in [0, 0.1) is 16.5 Å². The molecule has 2 rings (SSSR count). The zero-order chi connectivity index (χ0) is 10.8. The van der Waals surface area contributed by atoms with Crippen LogP contribution in [-0.4, -0.2) is 7.11 Å². The molecule has 0 saturated carbocycles. The van der Waals surface area contributed by atoms with Crippen molar-refractivity contribution in [3.05, 3.63) is 41.4 Å². The van der Waals surface area contributed by atoms with E-state index in [1.54, 1.807) is 18.2 Å². The fraction of sp³-hybridized carbons (Fsp3) is 0.0909. The first-order valence-electron chi connectivity index (χ1n) is 4.35. The van der Waals surface area contributed by atoms with Crippen molar-refractivity contribution >= 4 is 10.8 Å². The quantitative estimate of drug-likeness (QED) is 0.515. The van der Waals surface area contributed by atoms with Gasteiger partial charge in [-0.2, -0.15) is 9.99 Å². The van der Waals surface area contributed by atoms with Gasteiger partial charge in [0, 0.05) is 6.07 Å². The van der Waals surface area contributed by atoms with E-state index in [1.165, 1.54) is 19.5 Å². The normalized spacial score (nSPS) is 9.87. The smallest absolute Gasteiger partial charge is 0.188 e. The summed E-state index contributed by atoms with van der Waals surface area (Å²) < 4.78 is 5.77. The maximum atomic E-state index is 11.0. The van der Waals surface area contributed by atoms with Gasteiger partial charge in [-0.15, -0.1) is 0 Å². The number of aromatic nitrogens is 1. The zero-order valence-electron chi connectivity index (χ0n) is 8.10. The van der Waals surface area contributed by atoms with Crippen molar-refractivity contribution in [3.8, 4) is 11.8 Å².